The first-order valence-electron chi connectivity index (χ1n) is 10.3. The Kier molecular flexibility index (Phi) is 8.20. The van der Waals surface area contributed by atoms with Crippen LogP contribution in [-0.4, -0.2) is 30.0 Å². The van der Waals surface area contributed by atoms with E-state index >= 15 is 0 Å². The number of carbonyl (C=O) groups excluding carboxylic acids is 2. The van der Waals surface area contributed by atoms with Gasteiger partial charge in [0.1, 0.15) is 6.61 Å². The molecule has 0 aromatic heterocycles. The molecule has 3 aromatic rings. The topological polar surface area (TPSA) is 84.7 Å². The summed E-state index contributed by atoms with van der Waals surface area (Å²) in [4.78, 5) is 26.8. The molecule has 2 amide bonds. The third-order valence-corrected chi connectivity index (χ3v) is 4.70. The van der Waals surface area contributed by atoms with Crippen LogP contribution in [0, 0.1) is 0 Å². The molecule has 0 unspecified atom stereocenters. The Labute approximate surface area is 182 Å². The van der Waals surface area contributed by atoms with Gasteiger partial charge in [-0.3, -0.25) is 10.1 Å². The van der Waals surface area contributed by atoms with E-state index in [2.05, 4.69) is 5.32 Å². The lowest BCUT2D eigenvalue weighted by molar-refractivity contribution is 0.0742. The van der Waals surface area contributed by atoms with Crippen molar-refractivity contribution in [2.75, 3.05) is 18.4 Å². The maximum absolute atomic E-state index is 12.9. The van der Waals surface area contributed by atoms with E-state index in [-0.39, 0.29) is 12.5 Å². The summed E-state index contributed by atoms with van der Waals surface area (Å²) in [5, 5.41) is 2.75. The summed E-state index contributed by atoms with van der Waals surface area (Å²) in [6.07, 6.45) is 0.184. The van der Waals surface area contributed by atoms with E-state index < -0.39 is 6.09 Å². The molecular formula is C25H27N3O3. The lowest BCUT2D eigenvalue weighted by Crippen LogP contribution is -2.32. The van der Waals surface area contributed by atoms with Gasteiger partial charge in [0.15, 0.2) is 0 Å². The summed E-state index contributed by atoms with van der Waals surface area (Å²) in [5.41, 5.74) is 8.73. The fourth-order valence-corrected chi connectivity index (χ4v) is 3.14. The van der Waals surface area contributed by atoms with Crippen LogP contribution in [0.3, 0.4) is 0 Å². The van der Waals surface area contributed by atoms with Gasteiger partial charge in [0, 0.05) is 24.3 Å². The number of hydrogen-bond donors (Lipinski definition) is 2. The summed E-state index contributed by atoms with van der Waals surface area (Å²) in [7, 11) is 0. The van der Waals surface area contributed by atoms with Gasteiger partial charge >= 0.3 is 6.09 Å². The fraction of sp³-hybridized carbons (Fsp3) is 0.200. The van der Waals surface area contributed by atoms with Gasteiger partial charge in [-0.05, 0) is 48.4 Å². The van der Waals surface area contributed by atoms with Gasteiger partial charge in [0.2, 0.25) is 0 Å². The number of nitrogens with two attached hydrogens (primary N) is 1. The van der Waals surface area contributed by atoms with Gasteiger partial charge in [0.25, 0.3) is 5.91 Å². The minimum absolute atomic E-state index is 0.0466. The van der Waals surface area contributed by atoms with E-state index in [0.29, 0.717) is 37.3 Å². The van der Waals surface area contributed by atoms with E-state index in [9.17, 15) is 9.59 Å². The van der Waals surface area contributed by atoms with Gasteiger partial charge in [-0.15, -0.1) is 0 Å². The van der Waals surface area contributed by atoms with Crippen molar-refractivity contribution in [2.45, 2.75) is 19.6 Å². The largest absolute Gasteiger partial charge is 0.444 e. The molecule has 6 heteroatoms. The Hall–Kier alpha value is -3.64. The first-order chi connectivity index (χ1) is 15.2. The number of ether oxygens (including phenoxy) is 1. The molecule has 0 saturated carbocycles. The number of nitrogens with zero attached hydrogens (tertiary/aromatic N) is 1. The van der Waals surface area contributed by atoms with E-state index in [4.69, 9.17) is 10.5 Å². The van der Waals surface area contributed by atoms with Gasteiger partial charge in [-0.1, -0.05) is 60.7 Å². The number of rotatable bonds is 9. The molecule has 0 aliphatic carbocycles. The fourth-order valence-electron chi connectivity index (χ4n) is 3.14. The summed E-state index contributed by atoms with van der Waals surface area (Å²) >= 11 is 0. The number of anilines is 1. The second-order valence-electron chi connectivity index (χ2n) is 7.12. The minimum atomic E-state index is -0.527. The van der Waals surface area contributed by atoms with Crippen LogP contribution in [-0.2, 0) is 17.9 Å². The third kappa shape index (κ3) is 6.97. The van der Waals surface area contributed by atoms with E-state index in [0.717, 1.165) is 11.1 Å². The van der Waals surface area contributed by atoms with Crippen LogP contribution >= 0.6 is 0 Å². The second-order valence-corrected chi connectivity index (χ2v) is 7.12. The Morgan fingerprint density at radius 2 is 1.55 bits per heavy atom. The van der Waals surface area contributed by atoms with Crippen LogP contribution in [0.25, 0.3) is 0 Å². The number of carbonyl (C=O) groups is 2. The molecule has 0 spiro atoms. The van der Waals surface area contributed by atoms with Crippen molar-refractivity contribution < 1.29 is 14.3 Å². The molecule has 160 valence electrons. The Balaban J connectivity index is 1.63. The molecule has 31 heavy (non-hydrogen) atoms. The minimum Gasteiger partial charge on any atom is -0.444 e. The Bertz CT molecular complexity index is 978. The summed E-state index contributed by atoms with van der Waals surface area (Å²) in [6.45, 7) is 1.68. The first kappa shape index (κ1) is 22.1. The highest BCUT2D eigenvalue weighted by Gasteiger charge is 2.16. The molecule has 0 saturated heterocycles. The molecule has 0 aliphatic rings. The zero-order chi connectivity index (χ0) is 21.9. The van der Waals surface area contributed by atoms with Crippen molar-refractivity contribution in [3.8, 4) is 0 Å². The van der Waals surface area contributed by atoms with Crippen LogP contribution in [0.15, 0.2) is 84.9 Å². The molecule has 0 atom stereocenters. The third-order valence-electron chi connectivity index (χ3n) is 4.70. The number of nitrogens with one attached hydrogen (secondary N) is 1. The van der Waals surface area contributed by atoms with Crippen molar-refractivity contribution >= 4 is 17.7 Å². The Morgan fingerprint density at radius 3 is 2.26 bits per heavy atom. The zero-order valence-electron chi connectivity index (χ0n) is 17.4. The standard InChI is InChI=1S/C25H27N3O3/c26-15-8-16-28(24(29)22-12-5-2-6-13-22)18-21-11-7-14-23(17-21)27-25(30)31-19-20-9-3-1-4-10-20/h1-7,9-14,17H,8,15-16,18-19,26H2,(H,27,30). The Morgan fingerprint density at radius 1 is 0.871 bits per heavy atom. The lowest BCUT2D eigenvalue weighted by atomic mass is 10.1. The lowest BCUT2D eigenvalue weighted by Gasteiger charge is -2.23. The quantitative estimate of drug-likeness (QED) is 0.540. The molecule has 6 nitrogen and oxygen atoms in total. The number of amides is 2. The van der Waals surface area contributed by atoms with Gasteiger partial charge in [-0.25, -0.2) is 4.79 Å². The smallest absolute Gasteiger partial charge is 0.411 e. The van der Waals surface area contributed by atoms with Crippen LogP contribution in [0.2, 0.25) is 0 Å². The SMILES string of the molecule is NCCCN(Cc1cccc(NC(=O)OCc2ccccc2)c1)C(=O)c1ccccc1. The highest BCUT2D eigenvalue weighted by Crippen LogP contribution is 2.16. The summed E-state index contributed by atoms with van der Waals surface area (Å²) in [6, 6.07) is 26.1. The summed E-state index contributed by atoms with van der Waals surface area (Å²) < 4.78 is 5.27. The van der Waals surface area contributed by atoms with Gasteiger partial charge in [0.05, 0.1) is 0 Å². The van der Waals surface area contributed by atoms with Crippen molar-refractivity contribution in [1.29, 1.82) is 0 Å². The van der Waals surface area contributed by atoms with Crippen LogP contribution in [0.4, 0.5) is 10.5 Å². The van der Waals surface area contributed by atoms with Crippen LogP contribution < -0.4 is 11.1 Å². The molecule has 3 rings (SSSR count). The van der Waals surface area contributed by atoms with E-state index in [1.54, 1.807) is 23.1 Å². The molecule has 0 heterocycles. The van der Waals surface area contributed by atoms with Gasteiger partial charge < -0.3 is 15.4 Å². The molecule has 3 N–H and O–H groups in total. The predicted octanol–water partition coefficient (Wildman–Crippen LogP) is 4.43. The van der Waals surface area contributed by atoms with Crippen LogP contribution in [0.5, 0.6) is 0 Å². The average molecular weight is 418 g/mol. The maximum atomic E-state index is 12.9. The van der Waals surface area contributed by atoms with Crippen molar-refractivity contribution in [3.05, 3.63) is 102 Å². The zero-order valence-corrected chi connectivity index (χ0v) is 17.4. The normalized spacial score (nSPS) is 10.4. The second kappa shape index (κ2) is 11.5. The highest BCUT2D eigenvalue weighted by molar-refractivity contribution is 5.94. The van der Waals surface area contributed by atoms with Gasteiger partial charge in [-0.2, -0.15) is 0 Å². The molecule has 0 aliphatic heterocycles. The summed E-state index contributed by atoms with van der Waals surface area (Å²) in [5.74, 6) is -0.0466. The van der Waals surface area contributed by atoms with E-state index in [1.165, 1.54) is 0 Å². The molecule has 0 fully saturated rings. The van der Waals surface area contributed by atoms with Crippen LogP contribution in [0.1, 0.15) is 27.9 Å². The molecule has 0 radical (unpaired) electrons. The highest BCUT2D eigenvalue weighted by atomic mass is 16.5. The number of benzene rings is 3. The predicted molar refractivity (Wildman–Crippen MR) is 122 cm³/mol. The van der Waals surface area contributed by atoms with Crippen molar-refractivity contribution in [3.63, 3.8) is 0 Å². The van der Waals surface area contributed by atoms with E-state index in [1.807, 2.05) is 66.7 Å². The molecule has 0 bridgehead atoms. The van der Waals surface area contributed by atoms with Crippen molar-refractivity contribution in [1.82, 2.24) is 4.90 Å². The average Bonchev–Trinajstić information content (AvgIpc) is 2.81. The molecule has 3 aromatic carbocycles. The van der Waals surface area contributed by atoms with Crippen molar-refractivity contribution in [2.24, 2.45) is 5.73 Å². The monoisotopic (exact) mass is 417 g/mol. The number of hydrogen-bond acceptors (Lipinski definition) is 4. The molecular weight excluding hydrogens is 390 g/mol. The maximum Gasteiger partial charge on any atom is 0.411 e. The first-order valence-corrected chi connectivity index (χ1v) is 10.3.